The average Bonchev–Trinajstić information content (AvgIpc) is 2.24. The van der Waals surface area contributed by atoms with Crippen molar-refractivity contribution in [3.8, 4) is 0 Å². The number of carbonyl (C=O) groups is 1. The van der Waals surface area contributed by atoms with Gasteiger partial charge in [-0.3, -0.25) is 9.00 Å². The third-order valence-electron chi connectivity index (χ3n) is 2.11. The molecule has 1 aromatic rings. The van der Waals surface area contributed by atoms with E-state index in [1.54, 1.807) is 24.3 Å². The first-order valence-corrected chi connectivity index (χ1v) is 6.54. The van der Waals surface area contributed by atoms with Crippen molar-refractivity contribution in [2.24, 2.45) is 0 Å². The fraction of sp³-hybridized carbons (Fsp3) is 0.364. The molecule has 5 heteroatoms. The van der Waals surface area contributed by atoms with Crippen molar-refractivity contribution in [3.05, 3.63) is 29.3 Å². The normalized spacial score (nSPS) is 14.4. The van der Waals surface area contributed by atoms with E-state index in [-0.39, 0.29) is 0 Å². The topological polar surface area (TPSA) is 54.4 Å². The summed E-state index contributed by atoms with van der Waals surface area (Å²) < 4.78 is 12.0. The molecule has 0 aromatic heterocycles. The lowest BCUT2D eigenvalue weighted by Gasteiger charge is -2.11. The molecule has 1 aromatic carbocycles. The standard InChI is InChI=1S/C11H13ClO3S/c1-2-4-10(11(13)14)16(15)9-6-3-5-8(12)7-9/h3,5-7,10H,2,4H2,1H3,(H,13,14). The van der Waals surface area contributed by atoms with Crippen LogP contribution in [-0.2, 0) is 15.6 Å². The van der Waals surface area contributed by atoms with E-state index in [4.69, 9.17) is 16.7 Å². The lowest BCUT2D eigenvalue weighted by atomic mass is 10.2. The number of hydrogen-bond donors (Lipinski definition) is 1. The van der Waals surface area contributed by atoms with Crippen LogP contribution in [0, 0.1) is 0 Å². The van der Waals surface area contributed by atoms with Crippen LogP contribution in [0.15, 0.2) is 29.2 Å². The smallest absolute Gasteiger partial charge is 0.319 e. The van der Waals surface area contributed by atoms with Gasteiger partial charge in [0.2, 0.25) is 0 Å². The van der Waals surface area contributed by atoms with Gasteiger partial charge in [-0.2, -0.15) is 0 Å². The summed E-state index contributed by atoms with van der Waals surface area (Å²) in [6, 6.07) is 6.51. The fourth-order valence-corrected chi connectivity index (χ4v) is 3.01. The Balaban J connectivity index is 2.94. The molecule has 0 aliphatic rings. The number of halogens is 1. The number of carboxylic acids is 1. The second-order valence-electron chi connectivity index (χ2n) is 3.37. The molecule has 88 valence electrons. The van der Waals surface area contributed by atoms with Gasteiger partial charge in [0.05, 0.1) is 10.8 Å². The van der Waals surface area contributed by atoms with E-state index >= 15 is 0 Å². The minimum atomic E-state index is -1.55. The van der Waals surface area contributed by atoms with Gasteiger partial charge in [0.1, 0.15) is 5.25 Å². The summed E-state index contributed by atoms with van der Waals surface area (Å²) in [5.74, 6) is -1.03. The first-order chi connectivity index (χ1) is 7.56. The van der Waals surface area contributed by atoms with Crippen LogP contribution in [0.3, 0.4) is 0 Å². The number of aliphatic carboxylic acids is 1. The molecular weight excluding hydrogens is 248 g/mol. The summed E-state index contributed by atoms with van der Waals surface area (Å²) in [6.45, 7) is 1.87. The van der Waals surface area contributed by atoms with Crippen LogP contribution < -0.4 is 0 Å². The molecule has 0 aliphatic carbocycles. The Labute approximate surface area is 102 Å². The molecule has 2 atom stereocenters. The molecule has 0 spiro atoms. The van der Waals surface area contributed by atoms with Crippen molar-refractivity contribution < 1.29 is 14.1 Å². The zero-order chi connectivity index (χ0) is 12.1. The van der Waals surface area contributed by atoms with Crippen molar-refractivity contribution in [1.82, 2.24) is 0 Å². The average molecular weight is 261 g/mol. The maximum atomic E-state index is 12.0. The lowest BCUT2D eigenvalue weighted by Crippen LogP contribution is -2.25. The first kappa shape index (κ1) is 13.2. The Morgan fingerprint density at radius 3 is 2.75 bits per heavy atom. The van der Waals surface area contributed by atoms with Crippen LogP contribution in [0.4, 0.5) is 0 Å². The van der Waals surface area contributed by atoms with Gasteiger partial charge in [0.15, 0.2) is 0 Å². The monoisotopic (exact) mass is 260 g/mol. The predicted molar refractivity (Wildman–Crippen MR) is 64.2 cm³/mol. The first-order valence-electron chi connectivity index (χ1n) is 4.95. The van der Waals surface area contributed by atoms with Gasteiger partial charge in [-0.1, -0.05) is 31.0 Å². The van der Waals surface area contributed by atoms with Gasteiger partial charge in [-0.25, -0.2) is 0 Å². The summed E-state index contributed by atoms with van der Waals surface area (Å²) in [5, 5.41) is 8.59. The molecule has 0 bridgehead atoms. The van der Waals surface area contributed by atoms with E-state index in [9.17, 15) is 9.00 Å². The largest absolute Gasteiger partial charge is 0.480 e. The molecule has 0 amide bonds. The van der Waals surface area contributed by atoms with Gasteiger partial charge in [0, 0.05) is 9.92 Å². The molecule has 0 radical (unpaired) electrons. The molecule has 0 saturated heterocycles. The summed E-state index contributed by atoms with van der Waals surface area (Å²) in [4.78, 5) is 11.4. The van der Waals surface area contributed by atoms with E-state index in [1.807, 2.05) is 6.92 Å². The highest BCUT2D eigenvalue weighted by atomic mass is 35.5. The molecular formula is C11H13ClO3S. The van der Waals surface area contributed by atoms with Crippen LogP contribution in [0.5, 0.6) is 0 Å². The fourth-order valence-electron chi connectivity index (χ4n) is 1.34. The SMILES string of the molecule is CCCC(C(=O)O)S(=O)c1cccc(Cl)c1. The van der Waals surface area contributed by atoms with E-state index in [2.05, 4.69) is 0 Å². The van der Waals surface area contributed by atoms with E-state index in [1.165, 1.54) is 0 Å². The van der Waals surface area contributed by atoms with Crippen molar-refractivity contribution in [2.45, 2.75) is 29.9 Å². The molecule has 1 N–H and O–H groups in total. The van der Waals surface area contributed by atoms with Crippen LogP contribution in [-0.4, -0.2) is 20.5 Å². The maximum Gasteiger partial charge on any atom is 0.319 e. The van der Waals surface area contributed by atoms with Crippen LogP contribution in [0.2, 0.25) is 5.02 Å². The van der Waals surface area contributed by atoms with Crippen LogP contribution in [0.25, 0.3) is 0 Å². The Bertz CT molecular complexity index is 406. The van der Waals surface area contributed by atoms with Gasteiger partial charge >= 0.3 is 5.97 Å². The van der Waals surface area contributed by atoms with Crippen LogP contribution >= 0.6 is 11.6 Å². The van der Waals surface area contributed by atoms with Gasteiger partial charge in [-0.05, 0) is 24.6 Å². The number of rotatable bonds is 5. The predicted octanol–water partition coefficient (Wildman–Crippen LogP) is 2.70. The summed E-state index contributed by atoms with van der Waals surface area (Å²) in [6.07, 6.45) is 1.08. The Kier molecular flexibility index (Phi) is 4.96. The highest BCUT2D eigenvalue weighted by Crippen LogP contribution is 2.19. The number of benzene rings is 1. The minimum absolute atomic E-state index is 0.397. The van der Waals surface area contributed by atoms with Crippen molar-refractivity contribution in [1.29, 1.82) is 0 Å². The summed E-state index contributed by atoms with van der Waals surface area (Å²) >= 11 is 5.77. The highest BCUT2D eigenvalue weighted by molar-refractivity contribution is 7.86. The Morgan fingerprint density at radius 1 is 1.56 bits per heavy atom. The molecule has 0 saturated carbocycles. The number of hydrogen-bond acceptors (Lipinski definition) is 2. The second kappa shape index (κ2) is 6.01. The Morgan fingerprint density at radius 2 is 2.25 bits per heavy atom. The zero-order valence-electron chi connectivity index (χ0n) is 8.85. The minimum Gasteiger partial charge on any atom is -0.480 e. The quantitative estimate of drug-likeness (QED) is 0.886. The van der Waals surface area contributed by atoms with Crippen molar-refractivity contribution in [2.75, 3.05) is 0 Å². The number of carboxylic acid groups (broad SMARTS) is 1. The second-order valence-corrected chi connectivity index (χ2v) is 5.44. The van der Waals surface area contributed by atoms with Gasteiger partial charge < -0.3 is 5.11 Å². The van der Waals surface area contributed by atoms with E-state index in [0.717, 1.165) is 0 Å². The molecule has 0 fully saturated rings. The molecule has 3 nitrogen and oxygen atoms in total. The van der Waals surface area contributed by atoms with Crippen LogP contribution in [0.1, 0.15) is 19.8 Å². The molecule has 16 heavy (non-hydrogen) atoms. The molecule has 1 rings (SSSR count). The third-order valence-corrected chi connectivity index (χ3v) is 4.02. The highest BCUT2D eigenvalue weighted by Gasteiger charge is 2.24. The van der Waals surface area contributed by atoms with Gasteiger partial charge in [-0.15, -0.1) is 0 Å². The van der Waals surface area contributed by atoms with E-state index in [0.29, 0.717) is 22.8 Å². The molecule has 2 unspecified atom stereocenters. The van der Waals surface area contributed by atoms with Gasteiger partial charge in [0.25, 0.3) is 0 Å². The summed E-state index contributed by atoms with van der Waals surface area (Å²) in [5.41, 5.74) is 0. The van der Waals surface area contributed by atoms with E-state index < -0.39 is 22.0 Å². The summed E-state index contributed by atoms with van der Waals surface area (Å²) in [7, 11) is -1.55. The molecule has 0 heterocycles. The maximum absolute atomic E-state index is 12.0. The Hall–Kier alpha value is -0.870. The molecule has 0 aliphatic heterocycles. The van der Waals surface area contributed by atoms with Crippen molar-refractivity contribution >= 4 is 28.4 Å². The third kappa shape index (κ3) is 3.32. The lowest BCUT2D eigenvalue weighted by molar-refractivity contribution is -0.136. The van der Waals surface area contributed by atoms with Crippen molar-refractivity contribution in [3.63, 3.8) is 0 Å². The zero-order valence-corrected chi connectivity index (χ0v) is 10.4.